The minimum Gasteiger partial charge on any atom is -0.352 e. The average Bonchev–Trinajstić information content (AvgIpc) is 2.50. The van der Waals surface area contributed by atoms with Gasteiger partial charge < -0.3 is 4.90 Å². The second-order valence-electron chi connectivity index (χ2n) is 2.87. The molecule has 0 saturated carbocycles. The fourth-order valence-electron chi connectivity index (χ4n) is 1.62. The molecule has 0 bridgehead atoms. The average molecular weight is 151 g/mol. The molecular formula is C8H13N3. The Labute approximate surface area is 66.8 Å². The van der Waals surface area contributed by atoms with Gasteiger partial charge in [0.1, 0.15) is 5.84 Å². The normalized spacial score (nSPS) is 22.8. The molecule has 11 heavy (non-hydrogen) atoms. The Bertz CT molecular complexity index is 217. The van der Waals surface area contributed by atoms with Crippen LogP contribution in [0.25, 0.3) is 0 Å². The molecule has 0 spiro atoms. The Kier molecular flexibility index (Phi) is 1.64. The maximum absolute atomic E-state index is 4.43. The smallest absolute Gasteiger partial charge is 0.145 e. The zero-order valence-electron chi connectivity index (χ0n) is 6.88. The lowest BCUT2D eigenvalue weighted by molar-refractivity contribution is 0.464. The van der Waals surface area contributed by atoms with Crippen molar-refractivity contribution in [3.8, 4) is 0 Å². The highest BCUT2D eigenvalue weighted by Gasteiger charge is 2.22. The first-order valence-corrected chi connectivity index (χ1v) is 4.25. The number of fused-ring (bicyclic) bond motifs is 1. The van der Waals surface area contributed by atoms with Gasteiger partial charge in [0.2, 0.25) is 0 Å². The predicted octanol–water partition coefficient (Wildman–Crippen LogP) is 0.565. The van der Waals surface area contributed by atoms with E-state index in [1.54, 1.807) is 0 Å². The van der Waals surface area contributed by atoms with Crippen molar-refractivity contribution >= 4 is 11.5 Å². The van der Waals surface area contributed by atoms with Crippen LogP contribution in [-0.2, 0) is 0 Å². The summed E-state index contributed by atoms with van der Waals surface area (Å²) in [6.45, 7) is 6.25. The molecule has 0 unspecified atom stereocenters. The Morgan fingerprint density at radius 3 is 2.73 bits per heavy atom. The van der Waals surface area contributed by atoms with Crippen LogP contribution in [0.4, 0.5) is 0 Å². The molecule has 0 aromatic carbocycles. The van der Waals surface area contributed by atoms with Gasteiger partial charge in [-0.05, 0) is 6.42 Å². The van der Waals surface area contributed by atoms with Gasteiger partial charge in [0.05, 0.1) is 18.8 Å². The lowest BCUT2D eigenvalue weighted by Crippen LogP contribution is -2.39. The van der Waals surface area contributed by atoms with Gasteiger partial charge in [-0.2, -0.15) is 0 Å². The summed E-state index contributed by atoms with van der Waals surface area (Å²) in [6, 6.07) is 0. The highest BCUT2D eigenvalue weighted by Crippen LogP contribution is 2.09. The van der Waals surface area contributed by atoms with Crippen LogP contribution in [0, 0.1) is 0 Å². The monoisotopic (exact) mass is 151 g/mol. The molecule has 2 aliphatic rings. The van der Waals surface area contributed by atoms with Gasteiger partial charge in [-0.1, -0.05) is 6.92 Å². The van der Waals surface area contributed by atoms with E-state index in [0.717, 1.165) is 32.6 Å². The molecule has 2 aliphatic heterocycles. The summed E-state index contributed by atoms with van der Waals surface area (Å²) in [7, 11) is 0. The number of rotatable bonds is 1. The second kappa shape index (κ2) is 2.64. The molecule has 0 N–H and O–H groups in total. The molecule has 0 fully saturated rings. The summed E-state index contributed by atoms with van der Waals surface area (Å²) in [5.74, 6) is 1.17. The van der Waals surface area contributed by atoms with Crippen molar-refractivity contribution in [1.82, 2.24) is 4.90 Å². The van der Waals surface area contributed by atoms with Crippen molar-refractivity contribution in [2.24, 2.45) is 9.98 Å². The van der Waals surface area contributed by atoms with E-state index >= 15 is 0 Å². The van der Waals surface area contributed by atoms with E-state index in [2.05, 4.69) is 21.8 Å². The summed E-state index contributed by atoms with van der Waals surface area (Å²) < 4.78 is 0. The predicted molar refractivity (Wildman–Crippen MR) is 46.5 cm³/mol. The summed E-state index contributed by atoms with van der Waals surface area (Å²) >= 11 is 0. The van der Waals surface area contributed by atoms with Crippen molar-refractivity contribution in [3.63, 3.8) is 0 Å². The highest BCUT2D eigenvalue weighted by molar-refractivity contribution is 6.42. The van der Waals surface area contributed by atoms with Crippen molar-refractivity contribution in [1.29, 1.82) is 0 Å². The molecule has 0 aromatic heterocycles. The Hall–Kier alpha value is -0.860. The third-order valence-electron chi connectivity index (χ3n) is 2.20. The van der Waals surface area contributed by atoms with Gasteiger partial charge >= 0.3 is 0 Å². The van der Waals surface area contributed by atoms with E-state index in [9.17, 15) is 0 Å². The first-order valence-electron chi connectivity index (χ1n) is 4.25. The zero-order chi connectivity index (χ0) is 7.68. The molecule has 2 rings (SSSR count). The molecule has 0 aromatic rings. The molecule has 0 radical (unpaired) electrons. The minimum absolute atomic E-state index is 0.961. The van der Waals surface area contributed by atoms with Gasteiger partial charge in [0, 0.05) is 13.1 Å². The third-order valence-corrected chi connectivity index (χ3v) is 2.20. The topological polar surface area (TPSA) is 28.0 Å². The quantitative estimate of drug-likeness (QED) is 0.538. The maximum Gasteiger partial charge on any atom is 0.145 e. The fourth-order valence-corrected chi connectivity index (χ4v) is 1.62. The zero-order valence-corrected chi connectivity index (χ0v) is 6.88. The Morgan fingerprint density at radius 2 is 2.00 bits per heavy atom. The van der Waals surface area contributed by atoms with Crippen molar-refractivity contribution in [2.75, 3.05) is 26.2 Å². The lowest BCUT2D eigenvalue weighted by Gasteiger charge is -2.24. The Morgan fingerprint density at radius 1 is 1.27 bits per heavy atom. The van der Waals surface area contributed by atoms with E-state index in [1.807, 2.05) is 0 Å². The summed E-state index contributed by atoms with van der Waals surface area (Å²) in [5.41, 5.74) is 1.20. The van der Waals surface area contributed by atoms with Crippen LogP contribution in [0.3, 0.4) is 0 Å². The van der Waals surface area contributed by atoms with E-state index in [0.29, 0.717) is 0 Å². The maximum atomic E-state index is 4.43. The van der Waals surface area contributed by atoms with Gasteiger partial charge in [0.15, 0.2) is 0 Å². The van der Waals surface area contributed by atoms with Gasteiger partial charge in [-0.15, -0.1) is 0 Å². The third kappa shape index (κ3) is 1.04. The fraction of sp³-hybridized carbons (Fsp3) is 0.750. The van der Waals surface area contributed by atoms with Crippen molar-refractivity contribution < 1.29 is 0 Å². The second-order valence-corrected chi connectivity index (χ2v) is 2.87. The van der Waals surface area contributed by atoms with Crippen molar-refractivity contribution in [3.05, 3.63) is 0 Å². The van der Waals surface area contributed by atoms with Crippen molar-refractivity contribution in [2.45, 2.75) is 13.3 Å². The van der Waals surface area contributed by atoms with Gasteiger partial charge in [-0.25, -0.2) is 0 Å². The van der Waals surface area contributed by atoms with Crippen LogP contribution in [0.15, 0.2) is 9.98 Å². The minimum atomic E-state index is 0.961. The van der Waals surface area contributed by atoms with Gasteiger partial charge in [0.25, 0.3) is 0 Å². The molecule has 60 valence electrons. The van der Waals surface area contributed by atoms with Crippen LogP contribution in [-0.4, -0.2) is 42.6 Å². The Balaban J connectivity index is 2.25. The lowest BCUT2D eigenvalue weighted by atomic mass is 10.2. The standard InChI is InChI=1S/C8H13N3/c1-2-7-8-10-4-6-11(8)5-3-9-7/h2-6H2,1H3. The van der Waals surface area contributed by atoms with E-state index in [1.165, 1.54) is 11.5 Å². The molecule has 3 heteroatoms. The summed E-state index contributed by atoms with van der Waals surface area (Å²) in [6.07, 6.45) is 1.02. The molecule has 0 amide bonds. The van der Waals surface area contributed by atoms with E-state index in [4.69, 9.17) is 0 Å². The molecule has 2 heterocycles. The summed E-state index contributed by atoms with van der Waals surface area (Å²) in [4.78, 5) is 11.2. The van der Waals surface area contributed by atoms with Crippen LogP contribution in [0.1, 0.15) is 13.3 Å². The first-order chi connectivity index (χ1) is 5.42. The van der Waals surface area contributed by atoms with E-state index in [-0.39, 0.29) is 0 Å². The summed E-state index contributed by atoms with van der Waals surface area (Å²) in [5, 5.41) is 0. The molecule has 0 aliphatic carbocycles. The number of nitrogens with zero attached hydrogens (tertiary/aromatic N) is 3. The van der Waals surface area contributed by atoms with E-state index < -0.39 is 0 Å². The molecule has 3 nitrogen and oxygen atoms in total. The number of aliphatic imine (C=N–C) groups is 2. The number of amidine groups is 1. The van der Waals surface area contributed by atoms with Crippen LogP contribution in [0.2, 0.25) is 0 Å². The molecule has 0 atom stereocenters. The van der Waals surface area contributed by atoms with Gasteiger partial charge in [-0.3, -0.25) is 9.98 Å². The first kappa shape index (κ1) is 6.83. The largest absolute Gasteiger partial charge is 0.352 e. The van der Waals surface area contributed by atoms with Crippen LogP contribution < -0.4 is 0 Å². The SMILES string of the molecule is CCC1=NCCN2CCN=C12. The molecular weight excluding hydrogens is 138 g/mol. The van der Waals surface area contributed by atoms with Crippen LogP contribution >= 0.6 is 0 Å². The highest BCUT2D eigenvalue weighted by atomic mass is 15.3. The number of hydrogen-bond donors (Lipinski definition) is 0. The van der Waals surface area contributed by atoms with Crippen LogP contribution in [0.5, 0.6) is 0 Å². The number of hydrogen-bond acceptors (Lipinski definition) is 3. The molecule has 0 saturated heterocycles.